The molecule has 25 heavy (non-hydrogen) atoms. The average Bonchev–Trinajstić information content (AvgIpc) is 2.66. The molecule has 0 amide bonds. The van der Waals surface area contributed by atoms with Crippen LogP contribution in [-0.2, 0) is 17.6 Å². The Morgan fingerprint density at radius 1 is 1.24 bits per heavy atom. The third-order valence-electron chi connectivity index (χ3n) is 6.04. The molecule has 1 aromatic heterocycles. The van der Waals surface area contributed by atoms with Crippen LogP contribution in [0.5, 0.6) is 0 Å². The summed E-state index contributed by atoms with van der Waals surface area (Å²) < 4.78 is 5.84. The summed E-state index contributed by atoms with van der Waals surface area (Å²) in [6.45, 7) is 8.34. The molecule has 1 N–H and O–H groups in total. The van der Waals surface area contributed by atoms with Gasteiger partial charge in [0, 0.05) is 31.5 Å². The number of piperidine rings is 1. The molecule has 2 fully saturated rings. The van der Waals surface area contributed by atoms with Crippen molar-refractivity contribution in [2.24, 2.45) is 5.41 Å². The maximum Gasteiger partial charge on any atom is 0.169 e. The first kappa shape index (κ1) is 18.1. The molecular weight excluding hydrogens is 316 g/mol. The van der Waals surface area contributed by atoms with E-state index in [-0.39, 0.29) is 17.6 Å². The zero-order valence-corrected chi connectivity index (χ0v) is 15.5. The second kappa shape index (κ2) is 7.27. The summed E-state index contributed by atoms with van der Waals surface area (Å²) in [7, 11) is 0. The van der Waals surface area contributed by atoms with Gasteiger partial charge >= 0.3 is 0 Å². The van der Waals surface area contributed by atoms with E-state index in [0.29, 0.717) is 18.0 Å². The summed E-state index contributed by atoms with van der Waals surface area (Å²) in [4.78, 5) is 2.16. The Bertz CT molecular complexity index is 660. The third kappa shape index (κ3) is 2.90. The van der Waals surface area contributed by atoms with Crippen molar-refractivity contribution in [3.05, 3.63) is 16.8 Å². The zero-order chi connectivity index (χ0) is 18.0. The Morgan fingerprint density at radius 2 is 1.96 bits per heavy atom. The van der Waals surface area contributed by atoms with E-state index in [2.05, 4.69) is 28.1 Å². The Morgan fingerprint density at radius 3 is 2.48 bits per heavy atom. The van der Waals surface area contributed by atoms with Crippen LogP contribution in [0, 0.1) is 16.7 Å². The summed E-state index contributed by atoms with van der Waals surface area (Å²) in [5.41, 5.74) is 2.48. The van der Waals surface area contributed by atoms with Crippen LogP contribution in [0.4, 0.5) is 5.82 Å². The highest BCUT2D eigenvalue weighted by Gasteiger charge is 2.56. The van der Waals surface area contributed by atoms with Gasteiger partial charge in [0.15, 0.2) is 5.82 Å². The molecule has 6 heteroatoms. The van der Waals surface area contributed by atoms with Crippen LogP contribution in [0.15, 0.2) is 0 Å². The minimum absolute atomic E-state index is 0.121. The number of nitrogens with zero attached hydrogens (tertiary/aromatic N) is 4. The van der Waals surface area contributed by atoms with Gasteiger partial charge in [-0.3, -0.25) is 0 Å². The van der Waals surface area contributed by atoms with E-state index in [4.69, 9.17) is 4.74 Å². The Labute approximate surface area is 149 Å². The number of nitriles is 1. The van der Waals surface area contributed by atoms with Gasteiger partial charge in [0.1, 0.15) is 11.6 Å². The number of aliphatic hydroxyl groups excluding tert-OH is 1. The zero-order valence-electron chi connectivity index (χ0n) is 15.5. The first-order valence-corrected chi connectivity index (χ1v) is 9.44. The van der Waals surface area contributed by atoms with Crippen LogP contribution in [0.1, 0.15) is 56.9 Å². The number of hydrogen-bond acceptors (Lipinski definition) is 6. The third-order valence-corrected chi connectivity index (χ3v) is 6.04. The van der Waals surface area contributed by atoms with Crippen molar-refractivity contribution in [3.8, 4) is 6.07 Å². The van der Waals surface area contributed by atoms with Gasteiger partial charge in [0.05, 0.1) is 17.9 Å². The van der Waals surface area contributed by atoms with Crippen molar-refractivity contribution in [1.82, 2.24) is 10.2 Å². The fraction of sp³-hybridized carbons (Fsp3) is 0.737. The molecule has 2 heterocycles. The molecule has 1 saturated carbocycles. The molecule has 1 saturated heterocycles. The van der Waals surface area contributed by atoms with Gasteiger partial charge in [0.2, 0.25) is 0 Å². The van der Waals surface area contributed by atoms with Gasteiger partial charge < -0.3 is 14.7 Å². The molecule has 3 rings (SSSR count). The Balaban J connectivity index is 1.81. The van der Waals surface area contributed by atoms with E-state index >= 15 is 0 Å². The van der Waals surface area contributed by atoms with E-state index in [9.17, 15) is 10.4 Å². The minimum Gasteiger partial charge on any atom is -0.392 e. The summed E-state index contributed by atoms with van der Waals surface area (Å²) in [5.74, 6) is 0.702. The van der Waals surface area contributed by atoms with E-state index < -0.39 is 0 Å². The van der Waals surface area contributed by atoms with Gasteiger partial charge in [-0.1, -0.05) is 13.8 Å². The summed E-state index contributed by atoms with van der Waals surface area (Å²) in [6, 6.07) is 2.36. The summed E-state index contributed by atoms with van der Waals surface area (Å²) >= 11 is 0. The molecule has 0 radical (unpaired) electrons. The molecule has 1 aromatic rings. The fourth-order valence-electron chi connectivity index (χ4n) is 4.45. The molecule has 0 unspecified atom stereocenters. The van der Waals surface area contributed by atoms with E-state index in [1.165, 1.54) is 0 Å². The monoisotopic (exact) mass is 344 g/mol. The summed E-state index contributed by atoms with van der Waals surface area (Å²) in [6.07, 6.45) is 3.92. The van der Waals surface area contributed by atoms with Gasteiger partial charge in [-0.05, 0) is 38.2 Å². The second-order valence-electron chi connectivity index (χ2n) is 7.06. The van der Waals surface area contributed by atoms with Crippen LogP contribution in [0.3, 0.4) is 0 Å². The van der Waals surface area contributed by atoms with Gasteiger partial charge in [-0.2, -0.15) is 10.4 Å². The van der Waals surface area contributed by atoms with Crippen LogP contribution in [0.25, 0.3) is 0 Å². The van der Waals surface area contributed by atoms with E-state index in [1.807, 2.05) is 13.8 Å². The largest absolute Gasteiger partial charge is 0.392 e. The van der Waals surface area contributed by atoms with Gasteiger partial charge in [-0.25, -0.2) is 0 Å². The highest BCUT2D eigenvalue weighted by molar-refractivity contribution is 5.58. The first-order chi connectivity index (χ1) is 12.1. The highest BCUT2D eigenvalue weighted by Crippen LogP contribution is 2.51. The molecule has 136 valence electrons. The van der Waals surface area contributed by atoms with Crippen molar-refractivity contribution in [3.63, 3.8) is 0 Å². The quantitative estimate of drug-likeness (QED) is 0.882. The Hall–Kier alpha value is -1.71. The average molecular weight is 344 g/mol. The number of aliphatic hydroxyl groups is 1. The minimum atomic E-state index is -0.276. The van der Waals surface area contributed by atoms with Crippen molar-refractivity contribution in [2.45, 2.75) is 65.1 Å². The number of aryl methyl sites for hydroxylation is 1. The predicted octanol–water partition coefficient (Wildman–Crippen LogP) is 2.23. The fourth-order valence-corrected chi connectivity index (χ4v) is 4.45. The number of anilines is 1. The standard InChI is InChI=1S/C19H28N4O2/c1-4-13-14(12-20)18(22-21-15(13)5-2)23-9-7-19(8-10-23)16(24)11-17(19)25-6-3/h16-17,24H,4-11H2,1-3H3/t16-,17+/m1/s1. The molecule has 1 aliphatic carbocycles. The van der Waals surface area contributed by atoms with E-state index in [1.54, 1.807) is 0 Å². The molecule has 6 nitrogen and oxygen atoms in total. The maximum absolute atomic E-state index is 10.3. The van der Waals surface area contributed by atoms with Gasteiger partial charge in [0.25, 0.3) is 0 Å². The number of rotatable bonds is 5. The lowest BCUT2D eigenvalue weighted by Gasteiger charge is -2.56. The lowest BCUT2D eigenvalue weighted by molar-refractivity contribution is -0.199. The first-order valence-electron chi connectivity index (χ1n) is 9.44. The van der Waals surface area contributed by atoms with Crippen molar-refractivity contribution in [1.29, 1.82) is 5.26 Å². The molecule has 0 bridgehead atoms. The topological polar surface area (TPSA) is 82.3 Å². The number of aromatic nitrogens is 2. The van der Waals surface area contributed by atoms with E-state index in [0.717, 1.165) is 56.5 Å². The van der Waals surface area contributed by atoms with Crippen LogP contribution < -0.4 is 4.90 Å². The Kier molecular flexibility index (Phi) is 5.26. The highest BCUT2D eigenvalue weighted by atomic mass is 16.5. The van der Waals surface area contributed by atoms with Crippen LogP contribution >= 0.6 is 0 Å². The van der Waals surface area contributed by atoms with Crippen molar-refractivity contribution in [2.75, 3.05) is 24.6 Å². The van der Waals surface area contributed by atoms with Crippen molar-refractivity contribution < 1.29 is 9.84 Å². The lowest BCUT2D eigenvalue weighted by Crippen LogP contribution is -2.62. The molecule has 2 aliphatic rings. The smallest absolute Gasteiger partial charge is 0.169 e. The van der Waals surface area contributed by atoms with Crippen LogP contribution in [0.2, 0.25) is 0 Å². The van der Waals surface area contributed by atoms with Crippen LogP contribution in [-0.4, -0.2) is 47.2 Å². The number of hydrogen-bond donors (Lipinski definition) is 1. The SMILES string of the molecule is CCO[C@H]1C[C@@H](O)C12CCN(c1nnc(CC)c(CC)c1C#N)CC2. The summed E-state index contributed by atoms with van der Waals surface area (Å²) in [5, 5.41) is 28.8. The number of ether oxygens (including phenoxy) is 1. The maximum atomic E-state index is 10.3. The normalized spacial score (nSPS) is 24.8. The molecule has 1 aliphatic heterocycles. The molecule has 0 aromatic carbocycles. The molecule has 1 spiro atoms. The molecular formula is C19H28N4O2. The van der Waals surface area contributed by atoms with Gasteiger partial charge in [-0.15, -0.1) is 5.10 Å². The second-order valence-corrected chi connectivity index (χ2v) is 7.06. The van der Waals surface area contributed by atoms with Crippen molar-refractivity contribution >= 4 is 5.82 Å². The predicted molar refractivity (Wildman–Crippen MR) is 95.4 cm³/mol. The lowest BCUT2D eigenvalue weighted by atomic mass is 9.58. The molecule has 2 atom stereocenters.